The number of hydrogen-bond acceptors (Lipinski definition) is 4. The van der Waals surface area contributed by atoms with E-state index >= 15 is 0 Å². The summed E-state index contributed by atoms with van der Waals surface area (Å²) in [5.41, 5.74) is 2.27. The van der Waals surface area contributed by atoms with Gasteiger partial charge >= 0.3 is 5.97 Å². The zero-order valence-corrected chi connectivity index (χ0v) is 19.3. The van der Waals surface area contributed by atoms with Crippen molar-refractivity contribution in [2.45, 2.75) is 76.0 Å². The van der Waals surface area contributed by atoms with Gasteiger partial charge in [0, 0.05) is 37.6 Å². The number of fused-ring (bicyclic) bond motifs is 2. The summed E-state index contributed by atoms with van der Waals surface area (Å²) in [6.45, 7) is 3.38. The number of aliphatic carboxylic acids is 1. The Labute approximate surface area is 195 Å². The van der Waals surface area contributed by atoms with Crippen molar-refractivity contribution in [2.24, 2.45) is 0 Å². The number of phenolic OH excluding ortho intramolecular Hbond substituents is 1. The third kappa shape index (κ3) is 5.74. The van der Waals surface area contributed by atoms with Gasteiger partial charge in [-0.25, -0.2) is 0 Å². The van der Waals surface area contributed by atoms with Gasteiger partial charge in [-0.15, -0.1) is 0 Å². The van der Waals surface area contributed by atoms with E-state index in [2.05, 4.69) is 17.9 Å². The van der Waals surface area contributed by atoms with Gasteiger partial charge in [0.2, 0.25) is 5.91 Å². The number of rotatable bonds is 9. The van der Waals surface area contributed by atoms with Gasteiger partial charge in [-0.1, -0.05) is 42.5 Å². The number of carbonyl (C=O) groups excluding carboxylic acids is 1. The van der Waals surface area contributed by atoms with Gasteiger partial charge in [0.15, 0.2) is 0 Å². The summed E-state index contributed by atoms with van der Waals surface area (Å²) >= 11 is 0. The van der Waals surface area contributed by atoms with Crippen molar-refractivity contribution in [3.05, 3.63) is 65.7 Å². The van der Waals surface area contributed by atoms with Gasteiger partial charge in [0.1, 0.15) is 5.75 Å². The molecular weight excluding hydrogens is 416 g/mol. The van der Waals surface area contributed by atoms with E-state index in [1.165, 1.54) is 18.4 Å². The van der Waals surface area contributed by atoms with Gasteiger partial charge < -0.3 is 15.1 Å². The standard InChI is InChI=1S/C27H34N2O4/c1-19(28(26(31)12-13-27(32)33)18-20-6-3-2-4-7-20)17-29-23-10-11-24(29)15-22(14-23)21-8-5-9-25(30)16-21/h2-9,16,19,22-24,30H,10-15,17-18H2,1H3,(H,32,33)/t19?,22?,23-,24?/m1/s1. The van der Waals surface area contributed by atoms with Crippen LogP contribution < -0.4 is 0 Å². The predicted molar refractivity (Wildman–Crippen MR) is 127 cm³/mol. The van der Waals surface area contributed by atoms with E-state index in [-0.39, 0.29) is 24.8 Å². The number of carbonyl (C=O) groups is 2. The van der Waals surface area contributed by atoms with E-state index in [1.807, 2.05) is 47.4 Å². The number of carboxylic acid groups (broad SMARTS) is 1. The smallest absolute Gasteiger partial charge is 0.303 e. The summed E-state index contributed by atoms with van der Waals surface area (Å²) in [5, 5.41) is 18.9. The Hall–Kier alpha value is -2.86. The summed E-state index contributed by atoms with van der Waals surface area (Å²) in [7, 11) is 0. The summed E-state index contributed by atoms with van der Waals surface area (Å²) in [6.07, 6.45) is 4.35. The Morgan fingerprint density at radius 1 is 1.03 bits per heavy atom. The van der Waals surface area contributed by atoms with E-state index in [0.29, 0.717) is 30.3 Å². The quantitative estimate of drug-likeness (QED) is 0.592. The zero-order valence-electron chi connectivity index (χ0n) is 19.3. The van der Waals surface area contributed by atoms with Crippen LogP contribution in [0.15, 0.2) is 54.6 Å². The van der Waals surface area contributed by atoms with Crippen molar-refractivity contribution in [1.82, 2.24) is 9.80 Å². The minimum Gasteiger partial charge on any atom is -0.508 e. The molecule has 2 saturated heterocycles. The van der Waals surface area contributed by atoms with E-state index in [4.69, 9.17) is 5.11 Å². The maximum Gasteiger partial charge on any atom is 0.303 e. The maximum atomic E-state index is 13.0. The number of phenols is 1. The monoisotopic (exact) mass is 450 g/mol. The second-order valence-electron chi connectivity index (χ2n) is 9.60. The molecule has 2 N–H and O–H groups in total. The Morgan fingerprint density at radius 3 is 2.36 bits per heavy atom. The molecule has 2 fully saturated rings. The molecule has 0 spiro atoms. The molecule has 2 heterocycles. The Kier molecular flexibility index (Phi) is 7.33. The Balaban J connectivity index is 1.44. The van der Waals surface area contributed by atoms with Crippen molar-refractivity contribution in [3.8, 4) is 5.75 Å². The fourth-order valence-corrected chi connectivity index (χ4v) is 5.65. The van der Waals surface area contributed by atoms with Gasteiger partial charge in [-0.05, 0) is 61.8 Å². The first kappa shape index (κ1) is 23.3. The second kappa shape index (κ2) is 10.4. The van der Waals surface area contributed by atoms with Crippen molar-refractivity contribution >= 4 is 11.9 Å². The molecule has 0 saturated carbocycles. The summed E-state index contributed by atoms with van der Waals surface area (Å²) in [6, 6.07) is 18.5. The molecule has 0 radical (unpaired) electrons. The van der Waals surface area contributed by atoms with Gasteiger partial charge in [-0.3, -0.25) is 14.5 Å². The predicted octanol–water partition coefficient (Wildman–Crippen LogP) is 4.38. The molecule has 2 aliphatic heterocycles. The van der Waals surface area contributed by atoms with Crippen LogP contribution in [0.2, 0.25) is 0 Å². The third-order valence-electron chi connectivity index (χ3n) is 7.30. The van der Waals surface area contributed by atoms with Crippen LogP contribution in [0.25, 0.3) is 0 Å². The average Bonchev–Trinajstić information content (AvgIpc) is 3.02. The second-order valence-corrected chi connectivity index (χ2v) is 9.60. The minimum atomic E-state index is -0.942. The lowest BCUT2D eigenvalue weighted by Crippen LogP contribution is -2.50. The molecule has 3 unspecified atom stereocenters. The summed E-state index contributed by atoms with van der Waals surface area (Å²) < 4.78 is 0. The van der Waals surface area contributed by atoms with Gasteiger partial charge in [0.25, 0.3) is 0 Å². The molecule has 0 aromatic heterocycles. The van der Waals surface area contributed by atoms with Crippen molar-refractivity contribution in [3.63, 3.8) is 0 Å². The number of carboxylic acids is 1. The van der Waals surface area contributed by atoms with E-state index in [1.54, 1.807) is 6.07 Å². The molecule has 4 rings (SSSR count). The molecule has 176 valence electrons. The minimum absolute atomic E-state index is 0.00748. The van der Waals surface area contributed by atoms with Crippen LogP contribution in [0.3, 0.4) is 0 Å². The molecule has 2 aromatic carbocycles. The van der Waals surface area contributed by atoms with Crippen LogP contribution in [0, 0.1) is 0 Å². The number of nitrogens with zero attached hydrogens (tertiary/aromatic N) is 2. The van der Waals surface area contributed by atoms with Crippen molar-refractivity contribution < 1.29 is 19.8 Å². The number of benzene rings is 2. The molecule has 2 aromatic rings. The summed E-state index contributed by atoms with van der Waals surface area (Å²) in [5.74, 6) is -0.260. The highest BCUT2D eigenvalue weighted by atomic mass is 16.4. The van der Waals surface area contributed by atoms with E-state index in [0.717, 1.165) is 24.9 Å². The van der Waals surface area contributed by atoms with Crippen LogP contribution >= 0.6 is 0 Å². The molecule has 6 nitrogen and oxygen atoms in total. The SMILES string of the molecule is CC(CN1C2CC[C@@H]1CC(c1cccc(O)c1)C2)N(Cc1ccccc1)C(=O)CCC(=O)O. The molecule has 2 bridgehead atoms. The van der Waals surface area contributed by atoms with E-state index < -0.39 is 5.97 Å². The maximum absolute atomic E-state index is 13.0. The van der Waals surface area contributed by atoms with Crippen molar-refractivity contribution in [2.75, 3.05) is 6.54 Å². The topological polar surface area (TPSA) is 81.1 Å². The van der Waals surface area contributed by atoms with Gasteiger partial charge in [-0.2, -0.15) is 0 Å². The lowest BCUT2D eigenvalue weighted by molar-refractivity contribution is -0.142. The molecule has 1 amide bonds. The fourth-order valence-electron chi connectivity index (χ4n) is 5.65. The number of aromatic hydroxyl groups is 1. The first-order chi connectivity index (χ1) is 15.9. The van der Waals surface area contributed by atoms with E-state index in [9.17, 15) is 14.7 Å². The van der Waals surface area contributed by atoms with Crippen LogP contribution in [-0.4, -0.2) is 56.6 Å². The normalized spacial score (nSPS) is 23.2. The van der Waals surface area contributed by atoms with Crippen molar-refractivity contribution in [1.29, 1.82) is 0 Å². The number of amides is 1. The summed E-state index contributed by atoms with van der Waals surface area (Å²) in [4.78, 5) is 28.5. The zero-order chi connectivity index (χ0) is 23.4. The highest BCUT2D eigenvalue weighted by Crippen LogP contribution is 2.43. The first-order valence-electron chi connectivity index (χ1n) is 12.0. The lowest BCUT2D eigenvalue weighted by atomic mass is 9.85. The Bertz CT molecular complexity index is 950. The first-order valence-corrected chi connectivity index (χ1v) is 12.0. The highest BCUT2D eigenvalue weighted by molar-refractivity contribution is 5.81. The molecule has 33 heavy (non-hydrogen) atoms. The van der Waals surface area contributed by atoms with Crippen LogP contribution in [-0.2, 0) is 16.1 Å². The van der Waals surface area contributed by atoms with Crippen LogP contribution in [0.4, 0.5) is 0 Å². The molecule has 6 heteroatoms. The molecule has 2 aliphatic rings. The van der Waals surface area contributed by atoms with Crippen LogP contribution in [0.5, 0.6) is 5.75 Å². The third-order valence-corrected chi connectivity index (χ3v) is 7.30. The molecule has 0 aliphatic carbocycles. The fraction of sp³-hybridized carbons (Fsp3) is 0.481. The largest absolute Gasteiger partial charge is 0.508 e. The average molecular weight is 451 g/mol. The van der Waals surface area contributed by atoms with Gasteiger partial charge in [0.05, 0.1) is 6.42 Å². The lowest BCUT2D eigenvalue weighted by Gasteiger charge is -2.42. The molecular formula is C27H34N2O4. The Morgan fingerprint density at radius 2 is 1.73 bits per heavy atom. The highest BCUT2D eigenvalue weighted by Gasteiger charge is 2.42. The van der Waals surface area contributed by atoms with Crippen LogP contribution in [0.1, 0.15) is 62.5 Å². The number of hydrogen-bond donors (Lipinski definition) is 2. The molecule has 4 atom stereocenters. The number of piperidine rings is 1.